The lowest BCUT2D eigenvalue weighted by Gasteiger charge is -2.10. The van der Waals surface area contributed by atoms with Crippen LogP contribution in [0, 0.1) is 6.92 Å². The van der Waals surface area contributed by atoms with Gasteiger partial charge < -0.3 is 10.6 Å². The van der Waals surface area contributed by atoms with Crippen LogP contribution in [0.15, 0.2) is 61.3 Å². The number of aromatic nitrogens is 2. The fourth-order valence-corrected chi connectivity index (χ4v) is 3.37. The van der Waals surface area contributed by atoms with E-state index in [9.17, 15) is 9.59 Å². The number of rotatable bonds is 6. The van der Waals surface area contributed by atoms with Gasteiger partial charge in [-0.1, -0.05) is 24.3 Å². The topological polar surface area (TPSA) is 84.0 Å². The lowest BCUT2D eigenvalue weighted by molar-refractivity contribution is 0.0959. The van der Waals surface area contributed by atoms with Gasteiger partial charge in [-0.15, -0.1) is 17.9 Å². The standard InChI is InChI=1S/C20H18N4O2S/c1-3-11-22-18(25)14-8-4-5-9-15(14)24-19(26)17-13(2)23-20(27-17)16-10-6-7-12-21-16/h3-10,12H,1,11H2,2H3,(H,22,25)(H,24,26). The first kappa shape index (κ1) is 18.5. The number of pyridine rings is 1. The molecule has 0 unspecified atom stereocenters. The van der Waals surface area contributed by atoms with Crippen molar-refractivity contribution in [3.8, 4) is 10.7 Å². The second kappa shape index (κ2) is 8.37. The van der Waals surface area contributed by atoms with Gasteiger partial charge in [0.25, 0.3) is 11.8 Å². The summed E-state index contributed by atoms with van der Waals surface area (Å²) < 4.78 is 0. The van der Waals surface area contributed by atoms with Crippen molar-refractivity contribution >= 4 is 28.8 Å². The Morgan fingerprint density at radius 1 is 1.15 bits per heavy atom. The maximum absolute atomic E-state index is 12.8. The first-order valence-corrected chi connectivity index (χ1v) is 9.10. The molecular weight excluding hydrogens is 360 g/mol. The highest BCUT2D eigenvalue weighted by Crippen LogP contribution is 2.27. The Labute approximate surface area is 161 Å². The Morgan fingerprint density at radius 3 is 2.67 bits per heavy atom. The summed E-state index contributed by atoms with van der Waals surface area (Å²) in [6, 6.07) is 12.4. The second-order valence-corrected chi connectivity index (χ2v) is 6.65. The van der Waals surface area contributed by atoms with Crippen molar-refractivity contribution in [1.29, 1.82) is 0 Å². The number of thiazole rings is 1. The highest BCUT2D eigenvalue weighted by Gasteiger charge is 2.19. The van der Waals surface area contributed by atoms with Crippen molar-refractivity contribution in [2.75, 3.05) is 11.9 Å². The van der Waals surface area contributed by atoms with Gasteiger partial charge in [0.1, 0.15) is 9.88 Å². The second-order valence-electron chi connectivity index (χ2n) is 5.65. The van der Waals surface area contributed by atoms with E-state index in [0.717, 1.165) is 0 Å². The monoisotopic (exact) mass is 378 g/mol. The van der Waals surface area contributed by atoms with Gasteiger partial charge in [-0.25, -0.2) is 4.98 Å². The van der Waals surface area contributed by atoms with Crippen LogP contribution in [0.4, 0.5) is 5.69 Å². The SMILES string of the molecule is C=CCNC(=O)c1ccccc1NC(=O)c1sc(-c2ccccn2)nc1C. The average Bonchev–Trinajstić information content (AvgIpc) is 3.09. The molecule has 2 amide bonds. The van der Waals surface area contributed by atoms with Gasteiger partial charge in [-0.3, -0.25) is 14.6 Å². The van der Waals surface area contributed by atoms with E-state index < -0.39 is 0 Å². The third-order valence-corrected chi connectivity index (χ3v) is 4.89. The summed E-state index contributed by atoms with van der Waals surface area (Å²) in [5.74, 6) is -0.586. The number of carbonyl (C=O) groups is 2. The molecule has 0 aliphatic heterocycles. The zero-order chi connectivity index (χ0) is 19.2. The van der Waals surface area contributed by atoms with Crippen molar-refractivity contribution in [2.45, 2.75) is 6.92 Å². The number of para-hydroxylation sites is 1. The largest absolute Gasteiger partial charge is 0.349 e. The number of hydrogen-bond donors (Lipinski definition) is 2. The molecule has 0 saturated carbocycles. The molecule has 136 valence electrons. The first-order chi connectivity index (χ1) is 13.1. The van der Waals surface area contributed by atoms with Crippen LogP contribution in [0.25, 0.3) is 10.7 Å². The van der Waals surface area contributed by atoms with Gasteiger partial charge in [0.2, 0.25) is 0 Å². The van der Waals surface area contributed by atoms with Crippen molar-refractivity contribution < 1.29 is 9.59 Å². The molecule has 0 aliphatic carbocycles. The average molecular weight is 378 g/mol. The van der Waals surface area contributed by atoms with E-state index in [2.05, 4.69) is 27.2 Å². The van der Waals surface area contributed by atoms with Crippen LogP contribution in [0.3, 0.4) is 0 Å². The molecule has 27 heavy (non-hydrogen) atoms. The number of amides is 2. The first-order valence-electron chi connectivity index (χ1n) is 8.28. The van der Waals surface area contributed by atoms with Gasteiger partial charge in [-0.05, 0) is 31.2 Å². The molecule has 0 fully saturated rings. The maximum atomic E-state index is 12.8. The van der Waals surface area contributed by atoms with Crippen LogP contribution in [0.1, 0.15) is 25.7 Å². The maximum Gasteiger partial charge on any atom is 0.267 e. The van der Waals surface area contributed by atoms with Gasteiger partial charge in [0, 0.05) is 12.7 Å². The Bertz CT molecular complexity index is 983. The Hall–Kier alpha value is -3.32. The smallest absolute Gasteiger partial charge is 0.267 e. The molecule has 3 aromatic rings. The van der Waals surface area contributed by atoms with E-state index in [-0.39, 0.29) is 11.8 Å². The highest BCUT2D eigenvalue weighted by molar-refractivity contribution is 7.17. The molecule has 2 heterocycles. The third-order valence-electron chi connectivity index (χ3n) is 3.71. The Balaban J connectivity index is 1.84. The van der Waals surface area contributed by atoms with Crippen LogP contribution >= 0.6 is 11.3 Å². The molecule has 0 saturated heterocycles. The Kier molecular flexibility index (Phi) is 5.73. The van der Waals surface area contributed by atoms with Crippen molar-refractivity contribution in [3.05, 3.63) is 77.5 Å². The van der Waals surface area contributed by atoms with Crippen LogP contribution < -0.4 is 10.6 Å². The van der Waals surface area contributed by atoms with Crippen molar-refractivity contribution in [2.24, 2.45) is 0 Å². The van der Waals surface area contributed by atoms with Crippen LogP contribution in [-0.2, 0) is 0 Å². The fourth-order valence-electron chi connectivity index (χ4n) is 2.44. The number of carbonyl (C=O) groups excluding carboxylic acids is 2. The molecule has 2 N–H and O–H groups in total. The van der Waals surface area contributed by atoms with E-state index in [1.165, 1.54) is 11.3 Å². The zero-order valence-corrected chi connectivity index (χ0v) is 15.5. The van der Waals surface area contributed by atoms with E-state index in [4.69, 9.17) is 0 Å². The summed E-state index contributed by atoms with van der Waals surface area (Å²) in [6.45, 7) is 5.71. The highest BCUT2D eigenvalue weighted by atomic mass is 32.1. The lowest BCUT2D eigenvalue weighted by atomic mass is 10.1. The molecule has 0 aliphatic rings. The van der Waals surface area contributed by atoms with Gasteiger partial charge in [-0.2, -0.15) is 0 Å². The summed E-state index contributed by atoms with van der Waals surface area (Å²) in [4.78, 5) is 34.2. The number of anilines is 1. The molecule has 0 radical (unpaired) electrons. The molecule has 0 spiro atoms. The van der Waals surface area contributed by atoms with Gasteiger partial charge >= 0.3 is 0 Å². The predicted octanol–water partition coefficient (Wildman–Crippen LogP) is 3.68. The molecule has 7 heteroatoms. The molecule has 0 bridgehead atoms. The number of hydrogen-bond acceptors (Lipinski definition) is 5. The minimum atomic E-state index is -0.309. The van der Waals surface area contributed by atoms with Gasteiger partial charge in [0.05, 0.1) is 22.6 Å². The number of nitrogens with one attached hydrogen (secondary N) is 2. The van der Waals surface area contributed by atoms with E-state index in [1.807, 2.05) is 18.2 Å². The zero-order valence-electron chi connectivity index (χ0n) is 14.7. The number of benzene rings is 1. The van der Waals surface area contributed by atoms with Crippen LogP contribution in [0.5, 0.6) is 0 Å². The summed E-state index contributed by atoms with van der Waals surface area (Å²) in [7, 11) is 0. The molecular formula is C20H18N4O2S. The van der Waals surface area contributed by atoms with E-state index >= 15 is 0 Å². The molecule has 1 aromatic carbocycles. The summed E-state index contributed by atoms with van der Waals surface area (Å²) in [5, 5.41) is 6.20. The summed E-state index contributed by atoms with van der Waals surface area (Å²) in [6.07, 6.45) is 3.28. The van der Waals surface area contributed by atoms with Crippen molar-refractivity contribution in [3.63, 3.8) is 0 Å². The van der Waals surface area contributed by atoms with Crippen molar-refractivity contribution in [1.82, 2.24) is 15.3 Å². The van der Waals surface area contributed by atoms with E-state index in [1.54, 1.807) is 43.5 Å². The number of aryl methyl sites for hydroxylation is 1. The Morgan fingerprint density at radius 2 is 1.93 bits per heavy atom. The predicted molar refractivity (Wildman–Crippen MR) is 107 cm³/mol. The van der Waals surface area contributed by atoms with E-state index in [0.29, 0.717) is 39.1 Å². The minimum absolute atomic E-state index is 0.277. The summed E-state index contributed by atoms with van der Waals surface area (Å²) >= 11 is 1.27. The minimum Gasteiger partial charge on any atom is -0.349 e. The molecule has 2 aromatic heterocycles. The fraction of sp³-hybridized carbons (Fsp3) is 0.100. The summed E-state index contributed by atoms with van der Waals surface area (Å²) in [5.41, 5.74) is 2.16. The molecule has 3 rings (SSSR count). The molecule has 0 atom stereocenters. The third kappa shape index (κ3) is 4.27. The molecule has 6 nitrogen and oxygen atoms in total. The van der Waals surface area contributed by atoms with Crippen LogP contribution in [-0.4, -0.2) is 28.3 Å². The number of nitrogens with zero attached hydrogens (tertiary/aromatic N) is 2. The normalized spacial score (nSPS) is 10.3. The lowest BCUT2D eigenvalue weighted by Crippen LogP contribution is -2.25. The van der Waals surface area contributed by atoms with Crippen LogP contribution in [0.2, 0.25) is 0 Å². The van der Waals surface area contributed by atoms with Gasteiger partial charge in [0.15, 0.2) is 0 Å². The quantitative estimate of drug-likeness (QED) is 0.641.